The molecule has 136 valence electrons. The molecule has 1 aromatic heterocycles. The van der Waals surface area contributed by atoms with E-state index in [1.54, 1.807) is 0 Å². The molecule has 4 rings (SSSR count). The van der Waals surface area contributed by atoms with Gasteiger partial charge in [-0.15, -0.1) is 11.3 Å². The molecule has 1 N–H and O–H groups in total. The van der Waals surface area contributed by atoms with Crippen molar-refractivity contribution in [3.8, 4) is 0 Å². The van der Waals surface area contributed by atoms with Gasteiger partial charge in [-0.1, -0.05) is 36.4 Å². The van der Waals surface area contributed by atoms with Crippen LogP contribution in [-0.2, 0) is 0 Å². The van der Waals surface area contributed by atoms with Crippen molar-refractivity contribution in [1.29, 1.82) is 0 Å². The molecule has 0 aliphatic heterocycles. The van der Waals surface area contributed by atoms with Crippen molar-refractivity contribution in [3.63, 3.8) is 0 Å². The van der Waals surface area contributed by atoms with Crippen molar-refractivity contribution in [2.24, 2.45) is 11.8 Å². The van der Waals surface area contributed by atoms with Gasteiger partial charge < -0.3 is 5.32 Å². The summed E-state index contributed by atoms with van der Waals surface area (Å²) in [6, 6.07) is 13.6. The molecule has 6 heteroatoms. The summed E-state index contributed by atoms with van der Waals surface area (Å²) in [6.07, 6.45) is 2.96. The van der Waals surface area contributed by atoms with Crippen molar-refractivity contribution < 1.29 is 9.72 Å². The van der Waals surface area contributed by atoms with E-state index in [0.29, 0.717) is 24.7 Å². The van der Waals surface area contributed by atoms with Gasteiger partial charge in [-0.3, -0.25) is 14.9 Å². The zero-order valence-electron chi connectivity index (χ0n) is 14.4. The summed E-state index contributed by atoms with van der Waals surface area (Å²) in [4.78, 5) is 24.5. The van der Waals surface area contributed by atoms with Crippen LogP contribution >= 0.6 is 11.3 Å². The van der Waals surface area contributed by atoms with Gasteiger partial charge in [0.1, 0.15) is 0 Å². The summed E-state index contributed by atoms with van der Waals surface area (Å²) in [6.45, 7) is 0. The van der Waals surface area contributed by atoms with E-state index in [9.17, 15) is 14.9 Å². The average Bonchev–Trinajstić information content (AvgIpc) is 3.29. The lowest BCUT2D eigenvalue weighted by molar-refractivity contribution is -0.528. The lowest BCUT2D eigenvalue weighted by Gasteiger charge is -2.31. The number of hydrogen-bond acceptors (Lipinski definition) is 4. The molecule has 2 aliphatic carbocycles. The molecular formula is C20H22N2O3S. The molecule has 5 atom stereocenters. The van der Waals surface area contributed by atoms with Crippen LogP contribution < -0.4 is 5.32 Å². The molecule has 5 unspecified atom stereocenters. The highest BCUT2D eigenvalue weighted by atomic mass is 32.1. The number of amides is 1. The van der Waals surface area contributed by atoms with Crippen LogP contribution in [0.3, 0.4) is 0 Å². The minimum absolute atomic E-state index is 0.0320. The number of carbonyl (C=O) groups excluding carboxylic acids is 1. The highest BCUT2D eigenvalue weighted by Crippen LogP contribution is 2.51. The molecule has 0 bridgehead atoms. The molecule has 2 aliphatic rings. The Hall–Kier alpha value is -2.21. The minimum Gasteiger partial charge on any atom is -0.348 e. The lowest BCUT2D eigenvalue weighted by Crippen LogP contribution is -2.37. The number of nitrogens with one attached hydrogen (secondary N) is 1. The molecule has 5 nitrogen and oxygen atoms in total. The molecule has 1 amide bonds. The first-order chi connectivity index (χ1) is 12.6. The number of nitrogens with zero attached hydrogens (tertiary/aromatic N) is 1. The fraction of sp³-hybridized carbons (Fsp3) is 0.450. The number of nitro groups is 1. The van der Waals surface area contributed by atoms with Crippen LogP contribution in [0.1, 0.15) is 46.8 Å². The Bertz CT molecular complexity index is 778. The molecular weight excluding hydrogens is 348 g/mol. The molecule has 2 fully saturated rings. The average molecular weight is 370 g/mol. The molecule has 0 spiro atoms. The molecule has 2 saturated carbocycles. The summed E-state index contributed by atoms with van der Waals surface area (Å²) >= 11 is 1.44. The third-order valence-electron chi connectivity index (χ3n) is 6.01. The Labute approximate surface area is 156 Å². The molecule has 26 heavy (non-hydrogen) atoms. The predicted octanol–water partition coefficient (Wildman–Crippen LogP) is 4.10. The second-order valence-corrected chi connectivity index (χ2v) is 8.35. The van der Waals surface area contributed by atoms with E-state index in [0.717, 1.165) is 17.7 Å². The monoisotopic (exact) mass is 370 g/mol. The largest absolute Gasteiger partial charge is 0.348 e. The van der Waals surface area contributed by atoms with Crippen molar-refractivity contribution in [3.05, 3.63) is 68.4 Å². The summed E-state index contributed by atoms with van der Waals surface area (Å²) in [7, 11) is 0. The van der Waals surface area contributed by atoms with Crippen molar-refractivity contribution >= 4 is 17.2 Å². The number of rotatable bonds is 4. The molecule has 1 heterocycles. The molecule has 0 saturated heterocycles. The maximum absolute atomic E-state index is 12.6. The highest BCUT2D eigenvalue weighted by Gasteiger charge is 2.49. The van der Waals surface area contributed by atoms with Gasteiger partial charge in [-0.2, -0.15) is 0 Å². The smallest absolute Gasteiger partial charge is 0.261 e. The van der Waals surface area contributed by atoms with Crippen LogP contribution in [0.2, 0.25) is 0 Å². The van der Waals surface area contributed by atoms with Gasteiger partial charge in [-0.05, 0) is 41.7 Å². The number of fused-ring (bicyclic) bond motifs is 1. The van der Waals surface area contributed by atoms with E-state index < -0.39 is 6.04 Å². The lowest BCUT2D eigenvalue weighted by atomic mass is 9.74. The number of thiophene rings is 1. The van der Waals surface area contributed by atoms with Gasteiger partial charge in [0.2, 0.25) is 6.04 Å². The summed E-state index contributed by atoms with van der Waals surface area (Å²) in [5, 5.41) is 16.4. The van der Waals surface area contributed by atoms with E-state index in [2.05, 4.69) is 17.4 Å². The van der Waals surface area contributed by atoms with Gasteiger partial charge >= 0.3 is 0 Å². The van der Waals surface area contributed by atoms with E-state index in [1.807, 2.05) is 35.7 Å². The zero-order chi connectivity index (χ0) is 18.1. The van der Waals surface area contributed by atoms with Crippen molar-refractivity contribution in [2.45, 2.75) is 43.7 Å². The van der Waals surface area contributed by atoms with E-state index in [-0.39, 0.29) is 22.8 Å². The SMILES string of the molecule is O=C(NC1CC2CC([N+](=O)[O-])CCC2C1c1ccccc1)c1cccs1. The third-order valence-corrected chi connectivity index (χ3v) is 6.88. The topological polar surface area (TPSA) is 72.2 Å². The number of hydrogen-bond donors (Lipinski definition) is 1. The summed E-state index contributed by atoms with van der Waals surface area (Å²) < 4.78 is 0. The van der Waals surface area contributed by atoms with Crippen LogP contribution in [0.5, 0.6) is 0 Å². The Balaban J connectivity index is 1.59. The second kappa shape index (κ2) is 7.19. The molecule has 2 aromatic rings. The van der Waals surface area contributed by atoms with E-state index >= 15 is 0 Å². The van der Waals surface area contributed by atoms with Crippen LogP contribution in [0.15, 0.2) is 47.8 Å². The van der Waals surface area contributed by atoms with Crippen LogP contribution in [0.25, 0.3) is 0 Å². The molecule has 0 radical (unpaired) electrons. The van der Waals surface area contributed by atoms with Crippen LogP contribution in [0.4, 0.5) is 0 Å². The van der Waals surface area contributed by atoms with E-state index in [4.69, 9.17) is 0 Å². The Morgan fingerprint density at radius 3 is 2.62 bits per heavy atom. The Kier molecular flexibility index (Phi) is 4.76. The Morgan fingerprint density at radius 2 is 1.92 bits per heavy atom. The maximum Gasteiger partial charge on any atom is 0.261 e. The van der Waals surface area contributed by atoms with Crippen LogP contribution in [-0.4, -0.2) is 22.9 Å². The van der Waals surface area contributed by atoms with Gasteiger partial charge in [0, 0.05) is 29.7 Å². The second-order valence-electron chi connectivity index (χ2n) is 7.41. The fourth-order valence-corrected chi connectivity index (χ4v) is 5.55. The van der Waals surface area contributed by atoms with Gasteiger partial charge in [0.25, 0.3) is 5.91 Å². The van der Waals surface area contributed by atoms with Crippen LogP contribution in [0, 0.1) is 22.0 Å². The highest BCUT2D eigenvalue weighted by molar-refractivity contribution is 7.12. The van der Waals surface area contributed by atoms with Gasteiger partial charge in [0.15, 0.2) is 0 Å². The normalized spacial score (nSPS) is 30.5. The summed E-state index contributed by atoms with van der Waals surface area (Å²) in [5.41, 5.74) is 1.23. The summed E-state index contributed by atoms with van der Waals surface area (Å²) in [5.74, 6) is 0.911. The maximum atomic E-state index is 12.6. The first kappa shape index (κ1) is 17.2. The Morgan fingerprint density at radius 1 is 1.12 bits per heavy atom. The number of benzene rings is 1. The number of carbonyl (C=O) groups is 1. The minimum atomic E-state index is -0.431. The van der Waals surface area contributed by atoms with Crippen molar-refractivity contribution in [2.75, 3.05) is 0 Å². The molecule has 1 aromatic carbocycles. The zero-order valence-corrected chi connectivity index (χ0v) is 15.2. The quantitative estimate of drug-likeness (QED) is 0.651. The fourth-order valence-electron chi connectivity index (χ4n) is 4.92. The first-order valence-corrected chi connectivity index (χ1v) is 10.0. The van der Waals surface area contributed by atoms with Gasteiger partial charge in [0.05, 0.1) is 4.88 Å². The van der Waals surface area contributed by atoms with Gasteiger partial charge in [-0.25, -0.2) is 0 Å². The predicted molar refractivity (Wildman–Crippen MR) is 101 cm³/mol. The van der Waals surface area contributed by atoms with E-state index in [1.165, 1.54) is 16.9 Å². The standard InChI is InChI=1S/C20H22N2O3S/c23-20(18-7-4-10-26-18)21-17-12-14-11-15(22(24)25)8-9-16(14)19(17)13-5-2-1-3-6-13/h1-7,10,14-17,19H,8-9,11-12H2,(H,21,23). The first-order valence-electron chi connectivity index (χ1n) is 9.16. The third kappa shape index (κ3) is 3.26. The van der Waals surface area contributed by atoms with Crippen molar-refractivity contribution in [1.82, 2.24) is 5.32 Å².